The third kappa shape index (κ3) is 4.78. The molecular weight excluding hydrogens is 411 g/mol. The van der Waals surface area contributed by atoms with Crippen molar-refractivity contribution in [1.29, 1.82) is 0 Å². The zero-order chi connectivity index (χ0) is 22.6. The monoisotopic (exact) mass is 440 g/mol. The minimum absolute atomic E-state index is 0.382. The molecule has 1 amide bonds. The minimum atomic E-state index is -0.965. The van der Waals surface area contributed by atoms with E-state index in [2.05, 4.69) is 10.2 Å². The number of anilines is 2. The van der Waals surface area contributed by atoms with E-state index in [-0.39, 0.29) is 5.82 Å². The first-order valence-corrected chi connectivity index (χ1v) is 11.2. The molecule has 1 saturated carbocycles. The molecule has 2 aliphatic rings. The number of ether oxygens (including phenoxy) is 2. The van der Waals surface area contributed by atoms with Crippen molar-refractivity contribution in [3.8, 4) is 0 Å². The number of esters is 1. The van der Waals surface area contributed by atoms with E-state index in [1.54, 1.807) is 19.1 Å². The molecule has 1 N–H and O–H groups in total. The largest absolute Gasteiger partial charge is 0.452 e. The summed E-state index contributed by atoms with van der Waals surface area (Å²) in [5.41, 5.74) is 1.43. The highest BCUT2D eigenvalue weighted by atomic mass is 19.1. The van der Waals surface area contributed by atoms with Crippen molar-refractivity contribution >= 4 is 23.3 Å². The second-order valence-corrected chi connectivity index (χ2v) is 8.48. The lowest BCUT2D eigenvalue weighted by Gasteiger charge is -2.29. The first kappa shape index (κ1) is 22.3. The lowest BCUT2D eigenvalue weighted by molar-refractivity contribution is -0.159. The molecule has 0 bridgehead atoms. The third-order valence-electron chi connectivity index (χ3n) is 6.39. The predicted molar refractivity (Wildman–Crippen MR) is 120 cm³/mol. The van der Waals surface area contributed by atoms with E-state index < -0.39 is 23.4 Å². The Morgan fingerprint density at radius 2 is 1.78 bits per heavy atom. The quantitative estimate of drug-likeness (QED) is 0.687. The number of nitrogens with one attached hydrogen (secondary N) is 1. The van der Waals surface area contributed by atoms with E-state index in [0.717, 1.165) is 31.6 Å². The Hall–Kier alpha value is -2.93. The van der Waals surface area contributed by atoms with Crippen molar-refractivity contribution in [1.82, 2.24) is 0 Å². The fourth-order valence-corrected chi connectivity index (χ4v) is 4.52. The van der Waals surface area contributed by atoms with Crippen LogP contribution in [-0.4, -0.2) is 44.3 Å². The van der Waals surface area contributed by atoms with Gasteiger partial charge in [-0.2, -0.15) is 0 Å². The van der Waals surface area contributed by atoms with Gasteiger partial charge in [0.1, 0.15) is 5.82 Å². The number of amides is 1. The van der Waals surface area contributed by atoms with Gasteiger partial charge in [0.25, 0.3) is 5.91 Å². The number of hydrogen-bond acceptors (Lipinski definition) is 5. The highest BCUT2D eigenvalue weighted by Crippen LogP contribution is 2.42. The molecule has 0 radical (unpaired) electrons. The maximum absolute atomic E-state index is 13.8. The first-order chi connectivity index (χ1) is 15.5. The maximum Gasteiger partial charge on any atom is 0.317 e. The first-order valence-electron chi connectivity index (χ1n) is 11.2. The number of hydrogen-bond donors (Lipinski definition) is 1. The summed E-state index contributed by atoms with van der Waals surface area (Å²) < 4.78 is 24.8. The van der Waals surface area contributed by atoms with Crippen molar-refractivity contribution in [2.75, 3.05) is 36.5 Å². The van der Waals surface area contributed by atoms with E-state index in [4.69, 9.17) is 9.47 Å². The number of carbonyl (C=O) groups is 2. The van der Waals surface area contributed by atoms with Crippen molar-refractivity contribution in [3.63, 3.8) is 0 Å². The van der Waals surface area contributed by atoms with Crippen molar-refractivity contribution in [3.05, 3.63) is 59.9 Å². The van der Waals surface area contributed by atoms with Gasteiger partial charge in [-0.25, -0.2) is 4.39 Å². The van der Waals surface area contributed by atoms with Crippen LogP contribution in [0, 0.1) is 5.82 Å². The van der Waals surface area contributed by atoms with Gasteiger partial charge in [0.05, 0.1) is 18.6 Å². The summed E-state index contributed by atoms with van der Waals surface area (Å²) in [6, 6.07) is 13.7. The molecule has 1 aliphatic carbocycles. The van der Waals surface area contributed by atoms with Crippen LogP contribution >= 0.6 is 0 Å². The SMILES string of the molecule is CC(OC(=O)C1(c2cccc(F)c2)CCCC1)C(=O)Nc1ccc(N2CCOCC2)cc1. The van der Waals surface area contributed by atoms with Gasteiger partial charge in [-0.05, 0) is 61.7 Å². The minimum Gasteiger partial charge on any atom is -0.452 e. The Kier molecular flexibility index (Phi) is 6.74. The zero-order valence-electron chi connectivity index (χ0n) is 18.3. The maximum atomic E-state index is 13.8. The van der Waals surface area contributed by atoms with Gasteiger partial charge in [-0.3, -0.25) is 9.59 Å². The molecule has 2 aromatic carbocycles. The molecule has 32 heavy (non-hydrogen) atoms. The van der Waals surface area contributed by atoms with E-state index in [0.29, 0.717) is 37.3 Å². The smallest absolute Gasteiger partial charge is 0.317 e. The molecule has 2 aromatic rings. The Morgan fingerprint density at radius 1 is 1.09 bits per heavy atom. The average Bonchev–Trinajstić information content (AvgIpc) is 3.31. The normalized spacial score (nSPS) is 18.8. The van der Waals surface area contributed by atoms with Crippen LogP contribution in [0.3, 0.4) is 0 Å². The highest BCUT2D eigenvalue weighted by molar-refractivity contribution is 5.96. The standard InChI is InChI=1S/C25H29FN2O4/c1-18(23(29)27-21-7-9-22(10-8-21)28-13-15-31-16-14-28)32-24(30)25(11-2-3-12-25)19-5-4-6-20(26)17-19/h4-10,17-18H,2-3,11-16H2,1H3,(H,27,29). The van der Waals surface area contributed by atoms with Gasteiger partial charge in [0.15, 0.2) is 6.10 Å². The highest BCUT2D eigenvalue weighted by Gasteiger charge is 2.45. The molecule has 0 spiro atoms. The van der Waals surface area contributed by atoms with E-state index in [1.807, 2.05) is 24.3 Å². The lowest BCUT2D eigenvalue weighted by atomic mass is 9.79. The van der Waals surface area contributed by atoms with Gasteiger partial charge in [-0.15, -0.1) is 0 Å². The summed E-state index contributed by atoms with van der Waals surface area (Å²) in [4.78, 5) is 28.0. The van der Waals surface area contributed by atoms with Crippen molar-refractivity contribution in [2.24, 2.45) is 0 Å². The lowest BCUT2D eigenvalue weighted by Crippen LogP contribution is -2.40. The molecule has 2 fully saturated rings. The summed E-state index contributed by atoms with van der Waals surface area (Å²) in [7, 11) is 0. The van der Waals surface area contributed by atoms with Crippen LogP contribution in [-0.2, 0) is 24.5 Å². The molecule has 1 aliphatic heterocycles. The van der Waals surface area contributed by atoms with Gasteiger partial charge in [-0.1, -0.05) is 25.0 Å². The van der Waals surface area contributed by atoms with E-state index in [9.17, 15) is 14.0 Å². The fraction of sp³-hybridized carbons (Fsp3) is 0.440. The molecule has 1 saturated heterocycles. The number of nitrogens with zero attached hydrogens (tertiary/aromatic N) is 1. The summed E-state index contributed by atoms with van der Waals surface area (Å²) in [6.45, 7) is 4.65. The summed E-state index contributed by atoms with van der Waals surface area (Å²) in [5.74, 6) is -1.25. The molecular formula is C25H29FN2O4. The van der Waals surface area contributed by atoms with Crippen LogP contribution in [0.15, 0.2) is 48.5 Å². The van der Waals surface area contributed by atoms with Gasteiger partial charge in [0, 0.05) is 24.5 Å². The topological polar surface area (TPSA) is 67.9 Å². The summed E-state index contributed by atoms with van der Waals surface area (Å²) in [5, 5.41) is 2.81. The number of halogens is 1. The molecule has 170 valence electrons. The zero-order valence-corrected chi connectivity index (χ0v) is 18.3. The van der Waals surface area contributed by atoms with E-state index in [1.165, 1.54) is 12.1 Å². The van der Waals surface area contributed by atoms with Crippen LogP contribution in [0.1, 0.15) is 38.2 Å². The van der Waals surface area contributed by atoms with Crippen LogP contribution in [0.4, 0.5) is 15.8 Å². The van der Waals surface area contributed by atoms with Crippen LogP contribution < -0.4 is 10.2 Å². The molecule has 4 rings (SSSR count). The second kappa shape index (κ2) is 9.69. The molecule has 6 nitrogen and oxygen atoms in total. The fourth-order valence-electron chi connectivity index (χ4n) is 4.52. The Labute approximate surface area is 187 Å². The Morgan fingerprint density at radius 3 is 2.44 bits per heavy atom. The van der Waals surface area contributed by atoms with Crippen LogP contribution in [0.2, 0.25) is 0 Å². The number of rotatable bonds is 6. The molecule has 7 heteroatoms. The van der Waals surface area contributed by atoms with Crippen molar-refractivity contribution in [2.45, 2.75) is 44.1 Å². The Bertz CT molecular complexity index is 951. The Balaban J connectivity index is 1.39. The van der Waals surface area contributed by atoms with Gasteiger partial charge in [0.2, 0.25) is 0 Å². The molecule has 0 aromatic heterocycles. The molecule has 1 unspecified atom stereocenters. The second-order valence-electron chi connectivity index (χ2n) is 8.48. The van der Waals surface area contributed by atoms with Crippen LogP contribution in [0.25, 0.3) is 0 Å². The molecule has 1 atom stereocenters. The molecule has 1 heterocycles. The van der Waals surface area contributed by atoms with Crippen LogP contribution in [0.5, 0.6) is 0 Å². The van der Waals surface area contributed by atoms with Crippen molar-refractivity contribution < 1.29 is 23.5 Å². The number of benzene rings is 2. The summed E-state index contributed by atoms with van der Waals surface area (Å²) >= 11 is 0. The van der Waals surface area contributed by atoms with Gasteiger partial charge >= 0.3 is 5.97 Å². The number of morpholine rings is 1. The number of carbonyl (C=O) groups excluding carboxylic acids is 2. The predicted octanol–water partition coefficient (Wildman–Crippen LogP) is 4.04. The summed E-state index contributed by atoms with van der Waals surface area (Å²) in [6.07, 6.45) is 1.94. The average molecular weight is 441 g/mol. The third-order valence-corrected chi connectivity index (χ3v) is 6.39. The van der Waals surface area contributed by atoms with Gasteiger partial charge < -0.3 is 19.7 Å². The van der Waals surface area contributed by atoms with E-state index >= 15 is 0 Å².